The Bertz CT molecular complexity index is 102. The van der Waals surface area contributed by atoms with Gasteiger partial charge in [0.15, 0.2) is 0 Å². The second kappa shape index (κ2) is 4.90. The molecule has 0 bridgehead atoms. The Balaban J connectivity index is 2.21. The fourth-order valence-electron chi connectivity index (χ4n) is 1.60. The van der Waals surface area contributed by atoms with E-state index in [1.807, 2.05) is 0 Å². The minimum Gasteiger partial charge on any atom is -0.396 e. The molecule has 2 nitrogen and oxygen atoms in total. The van der Waals surface area contributed by atoms with Crippen molar-refractivity contribution in [2.24, 2.45) is 0 Å². The summed E-state index contributed by atoms with van der Waals surface area (Å²) >= 11 is 0. The van der Waals surface area contributed by atoms with E-state index in [0.29, 0.717) is 18.3 Å². The van der Waals surface area contributed by atoms with E-state index in [4.69, 9.17) is 9.84 Å². The summed E-state index contributed by atoms with van der Waals surface area (Å²) in [7, 11) is 1.15. The summed E-state index contributed by atoms with van der Waals surface area (Å²) in [6.45, 7) is 1.27. The summed E-state index contributed by atoms with van der Waals surface area (Å²) in [5.74, 6) is 0. The Morgan fingerprint density at radius 2 is 2.36 bits per heavy atom. The molecule has 1 rings (SSSR count). The van der Waals surface area contributed by atoms with Gasteiger partial charge in [-0.15, -0.1) is 0 Å². The summed E-state index contributed by atoms with van der Waals surface area (Å²) in [5.41, 5.74) is 0.667. The molecule has 1 heterocycles. The molecule has 3 heteroatoms. The zero-order chi connectivity index (χ0) is 8.10. The Labute approximate surface area is 71.4 Å². The van der Waals surface area contributed by atoms with Crippen LogP contribution in [0.2, 0.25) is 5.54 Å². The van der Waals surface area contributed by atoms with Crippen molar-refractivity contribution in [3.63, 3.8) is 0 Å². The molecule has 1 fully saturated rings. The van der Waals surface area contributed by atoms with Crippen molar-refractivity contribution < 1.29 is 9.84 Å². The van der Waals surface area contributed by atoms with Crippen LogP contribution in [0.5, 0.6) is 0 Å². The molecular formula is C8H18O2Si. The Hall–Kier alpha value is 0.137. The van der Waals surface area contributed by atoms with Gasteiger partial charge in [0.05, 0.1) is 6.10 Å². The van der Waals surface area contributed by atoms with Gasteiger partial charge in [0.1, 0.15) is 0 Å². The Morgan fingerprint density at radius 1 is 1.55 bits per heavy atom. The molecule has 0 saturated carbocycles. The van der Waals surface area contributed by atoms with Crippen molar-refractivity contribution in [1.29, 1.82) is 0 Å². The summed E-state index contributed by atoms with van der Waals surface area (Å²) < 4.78 is 5.62. The van der Waals surface area contributed by atoms with E-state index in [0.717, 1.165) is 23.3 Å². The van der Waals surface area contributed by atoms with Gasteiger partial charge in [0.25, 0.3) is 0 Å². The lowest BCUT2D eigenvalue weighted by molar-refractivity contribution is 0.00846. The van der Waals surface area contributed by atoms with Crippen molar-refractivity contribution in [2.45, 2.75) is 37.3 Å². The van der Waals surface area contributed by atoms with E-state index in [9.17, 15) is 0 Å². The zero-order valence-corrected chi connectivity index (χ0v) is 9.25. The van der Waals surface area contributed by atoms with Crippen LogP contribution in [0.1, 0.15) is 25.7 Å². The number of aliphatic hydroxyl groups excluding tert-OH is 1. The van der Waals surface area contributed by atoms with E-state index < -0.39 is 0 Å². The first kappa shape index (κ1) is 9.23. The molecule has 1 N–H and O–H groups in total. The number of hydrogen-bond donors (Lipinski definition) is 1. The van der Waals surface area contributed by atoms with Crippen LogP contribution < -0.4 is 0 Å². The van der Waals surface area contributed by atoms with Gasteiger partial charge in [-0.1, -0.05) is 0 Å². The molecule has 2 unspecified atom stereocenters. The molecule has 0 aromatic heterocycles. The summed E-state index contributed by atoms with van der Waals surface area (Å²) in [6.07, 6.45) is 5.17. The van der Waals surface area contributed by atoms with Gasteiger partial charge < -0.3 is 9.84 Å². The maximum atomic E-state index is 8.73. The SMILES string of the molecule is OCCC([SiH3])C1CCCCO1. The van der Waals surface area contributed by atoms with Crippen molar-refractivity contribution in [3.05, 3.63) is 0 Å². The molecule has 1 aliphatic heterocycles. The fraction of sp³-hybridized carbons (Fsp3) is 1.00. The Morgan fingerprint density at radius 3 is 2.91 bits per heavy atom. The normalized spacial score (nSPS) is 28.6. The number of hydrogen-bond acceptors (Lipinski definition) is 2. The van der Waals surface area contributed by atoms with E-state index >= 15 is 0 Å². The fourth-order valence-corrected chi connectivity index (χ4v) is 2.39. The van der Waals surface area contributed by atoms with Crippen LogP contribution in [-0.2, 0) is 4.74 Å². The lowest BCUT2D eigenvalue weighted by Crippen LogP contribution is -2.25. The first-order valence-corrected chi connectivity index (χ1v) is 5.72. The lowest BCUT2D eigenvalue weighted by atomic mass is 10.0. The minimum atomic E-state index is 0.327. The standard InChI is InChI=1S/C8H18O2Si/c9-5-4-8(11)7-3-1-2-6-10-7/h7-9H,1-6H2,11H3. The Kier molecular flexibility index (Phi) is 4.11. The monoisotopic (exact) mass is 174 g/mol. The van der Waals surface area contributed by atoms with Crippen molar-refractivity contribution in [1.82, 2.24) is 0 Å². The van der Waals surface area contributed by atoms with Crippen molar-refractivity contribution in [2.75, 3.05) is 13.2 Å². The molecule has 11 heavy (non-hydrogen) atoms. The molecule has 0 amide bonds. The third-order valence-electron chi connectivity index (χ3n) is 2.43. The van der Waals surface area contributed by atoms with E-state index in [1.165, 1.54) is 19.3 Å². The molecule has 2 atom stereocenters. The average Bonchev–Trinajstić information content (AvgIpc) is 2.07. The zero-order valence-electron chi connectivity index (χ0n) is 7.25. The molecule has 0 aliphatic carbocycles. The molecule has 0 spiro atoms. The molecule has 0 aromatic carbocycles. The van der Waals surface area contributed by atoms with Crippen LogP contribution in [-0.4, -0.2) is 34.7 Å². The second-order valence-corrected chi connectivity index (χ2v) is 4.88. The first-order chi connectivity index (χ1) is 5.34. The van der Waals surface area contributed by atoms with Crippen LogP contribution in [0, 0.1) is 0 Å². The van der Waals surface area contributed by atoms with Crippen LogP contribution >= 0.6 is 0 Å². The molecule has 0 aromatic rings. The van der Waals surface area contributed by atoms with Crippen LogP contribution in [0.15, 0.2) is 0 Å². The summed E-state index contributed by atoms with van der Waals surface area (Å²) in [6, 6.07) is 0. The van der Waals surface area contributed by atoms with Gasteiger partial charge in [-0.2, -0.15) is 0 Å². The van der Waals surface area contributed by atoms with Gasteiger partial charge >= 0.3 is 0 Å². The first-order valence-electron chi connectivity index (χ1n) is 4.57. The number of ether oxygens (including phenoxy) is 1. The maximum absolute atomic E-state index is 8.73. The minimum absolute atomic E-state index is 0.327. The lowest BCUT2D eigenvalue weighted by Gasteiger charge is -2.27. The second-order valence-electron chi connectivity index (χ2n) is 3.39. The molecule has 1 saturated heterocycles. The van der Waals surface area contributed by atoms with Gasteiger partial charge in [-0.3, -0.25) is 0 Å². The molecular weight excluding hydrogens is 156 g/mol. The molecule has 66 valence electrons. The van der Waals surface area contributed by atoms with Crippen molar-refractivity contribution >= 4 is 10.2 Å². The quantitative estimate of drug-likeness (QED) is 0.615. The smallest absolute Gasteiger partial charge is 0.0572 e. The molecule has 1 aliphatic rings. The highest BCUT2D eigenvalue weighted by atomic mass is 28.1. The van der Waals surface area contributed by atoms with Crippen LogP contribution in [0.4, 0.5) is 0 Å². The third kappa shape index (κ3) is 2.93. The number of aliphatic hydroxyl groups is 1. The van der Waals surface area contributed by atoms with Gasteiger partial charge in [0, 0.05) is 23.5 Å². The van der Waals surface area contributed by atoms with Gasteiger partial charge in [-0.05, 0) is 31.2 Å². The van der Waals surface area contributed by atoms with E-state index in [2.05, 4.69) is 0 Å². The van der Waals surface area contributed by atoms with Crippen molar-refractivity contribution in [3.8, 4) is 0 Å². The highest BCUT2D eigenvalue weighted by Crippen LogP contribution is 2.23. The predicted octanol–water partition coefficient (Wildman–Crippen LogP) is 0.0918. The highest BCUT2D eigenvalue weighted by Gasteiger charge is 2.19. The largest absolute Gasteiger partial charge is 0.396 e. The summed E-state index contributed by atoms with van der Waals surface area (Å²) in [4.78, 5) is 0. The third-order valence-corrected chi connectivity index (χ3v) is 3.75. The molecule has 0 radical (unpaired) electrons. The number of rotatable bonds is 3. The maximum Gasteiger partial charge on any atom is 0.0572 e. The summed E-state index contributed by atoms with van der Waals surface area (Å²) in [5, 5.41) is 8.73. The highest BCUT2D eigenvalue weighted by molar-refractivity contribution is 6.12. The van der Waals surface area contributed by atoms with E-state index in [1.54, 1.807) is 0 Å². The average molecular weight is 174 g/mol. The predicted molar refractivity (Wildman–Crippen MR) is 49.0 cm³/mol. The van der Waals surface area contributed by atoms with Crippen LogP contribution in [0.3, 0.4) is 0 Å². The topological polar surface area (TPSA) is 29.5 Å². The van der Waals surface area contributed by atoms with Gasteiger partial charge in [-0.25, -0.2) is 0 Å². The van der Waals surface area contributed by atoms with Gasteiger partial charge in [0.2, 0.25) is 0 Å². The van der Waals surface area contributed by atoms with Crippen LogP contribution in [0.25, 0.3) is 0 Å². The van der Waals surface area contributed by atoms with E-state index in [-0.39, 0.29) is 0 Å².